The Morgan fingerprint density at radius 1 is 1.03 bits per heavy atom. The number of fused-ring (bicyclic) bond motifs is 1. The molecule has 2 saturated heterocycles. The molecule has 0 bridgehead atoms. The third kappa shape index (κ3) is 4.77. The van der Waals surface area contributed by atoms with Crippen LogP contribution in [0.3, 0.4) is 0 Å². The predicted molar refractivity (Wildman–Crippen MR) is 133 cm³/mol. The van der Waals surface area contributed by atoms with Gasteiger partial charge >= 0.3 is 0 Å². The van der Waals surface area contributed by atoms with E-state index in [0.717, 1.165) is 13.1 Å². The minimum absolute atomic E-state index is 0.0118. The van der Waals surface area contributed by atoms with E-state index in [-0.39, 0.29) is 16.7 Å². The highest BCUT2D eigenvalue weighted by molar-refractivity contribution is 7.89. The number of nitrogens with one attached hydrogen (secondary N) is 2. The lowest BCUT2D eigenvalue weighted by molar-refractivity contribution is -0.384. The van der Waals surface area contributed by atoms with Crippen LogP contribution in [-0.2, 0) is 10.0 Å². The number of anilines is 2. The molecule has 0 aliphatic carbocycles. The third-order valence-corrected chi connectivity index (χ3v) is 8.47. The number of piperazine rings is 1. The zero-order valence-electron chi connectivity index (χ0n) is 19.1. The summed E-state index contributed by atoms with van der Waals surface area (Å²) in [6, 6.07) is 11.7. The number of nitro benzene ring substituents is 1. The van der Waals surface area contributed by atoms with Crippen LogP contribution in [0.15, 0.2) is 53.7 Å². The number of rotatable bonds is 6. The number of piperidine rings is 1. The second kappa shape index (κ2) is 9.72. The van der Waals surface area contributed by atoms with Crippen molar-refractivity contribution in [1.82, 2.24) is 19.6 Å². The van der Waals surface area contributed by atoms with Gasteiger partial charge in [-0.3, -0.25) is 10.1 Å². The summed E-state index contributed by atoms with van der Waals surface area (Å²) in [7, 11) is -3.53. The maximum absolute atomic E-state index is 12.9. The first-order valence-electron chi connectivity index (χ1n) is 11.6. The van der Waals surface area contributed by atoms with Crippen molar-refractivity contribution >= 4 is 38.1 Å². The molecule has 11 nitrogen and oxygen atoms in total. The molecule has 2 fully saturated rings. The molecule has 5 rings (SSSR count). The van der Waals surface area contributed by atoms with Crippen molar-refractivity contribution in [2.75, 3.05) is 49.5 Å². The van der Waals surface area contributed by atoms with Crippen molar-refractivity contribution in [3.05, 3.63) is 58.9 Å². The van der Waals surface area contributed by atoms with Crippen molar-refractivity contribution in [2.24, 2.45) is 0 Å². The van der Waals surface area contributed by atoms with Gasteiger partial charge in [-0.15, -0.1) is 0 Å². The first-order valence-corrected chi connectivity index (χ1v) is 13.1. The van der Waals surface area contributed by atoms with Crippen molar-refractivity contribution in [2.45, 2.75) is 23.8 Å². The second-order valence-electron chi connectivity index (χ2n) is 8.71. The number of hydrogen-bond donors (Lipinski definition) is 2. The van der Waals surface area contributed by atoms with Crippen LogP contribution in [0.25, 0.3) is 10.9 Å². The van der Waals surface area contributed by atoms with Crippen LogP contribution in [0.2, 0.25) is 0 Å². The Hall–Kier alpha value is -3.35. The van der Waals surface area contributed by atoms with Crippen LogP contribution in [0.5, 0.6) is 0 Å². The Morgan fingerprint density at radius 2 is 1.74 bits per heavy atom. The van der Waals surface area contributed by atoms with Crippen molar-refractivity contribution in [1.29, 1.82) is 0 Å². The Bertz CT molecular complexity index is 1320. The molecule has 12 heteroatoms. The van der Waals surface area contributed by atoms with Gasteiger partial charge in [0.25, 0.3) is 5.69 Å². The molecule has 0 unspecified atom stereocenters. The first-order chi connectivity index (χ1) is 16.9. The van der Waals surface area contributed by atoms with Crippen LogP contribution in [0.4, 0.5) is 17.2 Å². The van der Waals surface area contributed by atoms with Crippen LogP contribution >= 0.6 is 0 Å². The van der Waals surface area contributed by atoms with Crippen LogP contribution < -0.4 is 15.5 Å². The number of nitrogens with zero attached hydrogens (tertiary/aromatic N) is 5. The molecule has 0 radical (unpaired) electrons. The van der Waals surface area contributed by atoms with E-state index in [9.17, 15) is 18.5 Å². The minimum Gasteiger partial charge on any atom is -0.367 e. The monoisotopic (exact) mass is 497 g/mol. The maximum atomic E-state index is 12.9. The normalized spacial score (nSPS) is 18.0. The van der Waals surface area contributed by atoms with Crippen LogP contribution in [-0.4, -0.2) is 72.9 Å². The molecule has 1 aromatic heterocycles. The van der Waals surface area contributed by atoms with Gasteiger partial charge in [0.05, 0.1) is 15.3 Å². The topological polar surface area (TPSA) is 134 Å². The smallest absolute Gasteiger partial charge is 0.293 e. The number of aromatic nitrogens is 2. The molecule has 2 aromatic carbocycles. The Balaban J connectivity index is 1.35. The summed E-state index contributed by atoms with van der Waals surface area (Å²) >= 11 is 0. The standard InChI is InChI=1S/C23H27N7O4S/c31-30(32)22-14-19-20(15-21(22)28-12-8-24-9-13-28)25-16-26-23(19)27-17-6-10-29(11-7-17)35(33,34)18-4-2-1-3-5-18/h1-5,14-17,24H,6-13H2,(H,25,26,27). The van der Waals surface area contributed by atoms with Crippen molar-refractivity contribution < 1.29 is 13.3 Å². The molecule has 3 aromatic rings. The summed E-state index contributed by atoms with van der Waals surface area (Å²) in [5.41, 5.74) is 1.22. The largest absolute Gasteiger partial charge is 0.367 e. The molecular formula is C23H27N7O4S. The summed E-state index contributed by atoms with van der Waals surface area (Å²) in [6.45, 7) is 3.67. The van der Waals surface area contributed by atoms with E-state index in [1.165, 1.54) is 10.6 Å². The third-order valence-electron chi connectivity index (χ3n) is 6.56. The van der Waals surface area contributed by atoms with Gasteiger partial charge in [0.1, 0.15) is 17.8 Å². The summed E-state index contributed by atoms with van der Waals surface area (Å²) in [5, 5.41) is 19.1. The molecule has 2 aliphatic heterocycles. The van der Waals surface area contributed by atoms with E-state index in [4.69, 9.17) is 0 Å². The van der Waals surface area contributed by atoms with Gasteiger partial charge < -0.3 is 15.5 Å². The van der Waals surface area contributed by atoms with E-state index >= 15 is 0 Å². The molecule has 35 heavy (non-hydrogen) atoms. The summed E-state index contributed by atoms with van der Waals surface area (Å²) in [4.78, 5) is 22.6. The number of hydrogen-bond acceptors (Lipinski definition) is 9. The van der Waals surface area contributed by atoms with Crippen molar-refractivity contribution in [3.8, 4) is 0 Å². The van der Waals surface area contributed by atoms with Gasteiger partial charge in [0.15, 0.2) is 0 Å². The number of benzene rings is 2. The van der Waals surface area contributed by atoms with Gasteiger partial charge in [-0.05, 0) is 31.0 Å². The Kier molecular flexibility index (Phi) is 6.50. The Labute approximate surface area is 203 Å². The van der Waals surface area contributed by atoms with Gasteiger partial charge in [-0.1, -0.05) is 18.2 Å². The minimum atomic E-state index is -3.53. The highest BCUT2D eigenvalue weighted by Gasteiger charge is 2.30. The summed E-state index contributed by atoms with van der Waals surface area (Å²) in [5.74, 6) is 0.523. The quantitative estimate of drug-likeness (QED) is 0.388. The van der Waals surface area contributed by atoms with Gasteiger partial charge in [-0.2, -0.15) is 4.31 Å². The van der Waals surface area contributed by atoms with Crippen molar-refractivity contribution in [3.63, 3.8) is 0 Å². The average molecular weight is 498 g/mol. The number of sulfonamides is 1. The zero-order chi connectivity index (χ0) is 24.4. The molecule has 0 amide bonds. The lowest BCUT2D eigenvalue weighted by atomic mass is 10.1. The Morgan fingerprint density at radius 3 is 2.43 bits per heavy atom. The lowest BCUT2D eigenvalue weighted by Crippen LogP contribution is -2.43. The van der Waals surface area contributed by atoms with E-state index in [0.29, 0.717) is 66.3 Å². The summed E-state index contributed by atoms with van der Waals surface area (Å²) < 4.78 is 27.3. The van der Waals surface area contributed by atoms with E-state index < -0.39 is 10.0 Å². The van der Waals surface area contributed by atoms with E-state index in [2.05, 4.69) is 20.6 Å². The average Bonchev–Trinajstić information content (AvgIpc) is 2.89. The molecule has 2 aliphatic rings. The summed E-state index contributed by atoms with van der Waals surface area (Å²) in [6.07, 6.45) is 2.64. The fourth-order valence-corrected chi connectivity index (χ4v) is 6.17. The maximum Gasteiger partial charge on any atom is 0.293 e. The highest BCUT2D eigenvalue weighted by Crippen LogP contribution is 2.35. The molecular weight excluding hydrogens is 470 g/mol. The molecule has 0 atom stereocenters. The fourth-order valence-electron chi connectivity index (χ4n) is 4.68. The molecule has 3 heterocycles. The number of nitro groups is 1. The first kappa shape index (κ1) is 23.4. The lowest BCUT2D eigenvalue weighted by Gasteiger charge is -2.32. The van der Waals surface area contributed by atoms with Gasteiger partial charge in [-0.25, -0.2) is 18.4 Å². The highest BCUT2D eigenvalue weighted by atomic mass is 32.2. The second-order valence-corrected chi connectivity index (χ2v) is 10.6. The molecule has 184 valence electrons. The zero-order valence-corrected chi connectivity index (χ0v) is 19.9. The van der Waals surface area contributed by atoms with Gasteiger partial charge in [0, 0.05) is 56.8 Å². The van der Waals surface area contributed by atoms with E-state index in [1.54, 1.807) is 42.5 Å². The molecule has 0 spiro atoms. The van der Waals surface area contributed by atoms with Crippen LogP contribution in [0.1, 0.15) is 12.8 Å². The SMILES string of the molecule is O=[N+]([O-])c1cc2c(NC3CCN(S(=O)(=O)c4ccccc4)CC3)ncnc2cc1N1CCNCC1. The predicted octanol–water partition coefficient (Wildman–Crippen LogP) is 2.21. The van der Waals surface area contributed by atoms with Crippen LogP contribution in [0, 0.1) is 10.1 Å². The van der Waals surface area contributed by atoms with E-state index in [1.807, 2.05) is 4.90 Å². The van der Waals surface area contributed by atoms with Gasteiger partial charge in [0.2, 0.25) is 10.0 Å². The molecule has 0 saturated carbocycles. The molecule has 2 N–H and O–H groups in total. The fraction of sp³-hybridized carbons (Fsp3) is 0.391.